The largest absolute Gasteiger partial charge is 0.394 e. The quantitative estimate of drug-likeness (QED) is 0.519. The zero-order valence-electron chi connectivity index (χ0n) is 8.40. The second-order valence-electron chi connectivity index (χ2n) is 4.32. The molecule has 0 bridgehead atoms. The van der Waals surface area contributed by atoms with Crippen LogP contribution >= 0.6 is 0 Å². The molecule has 1 aliphatic rings. The van der Waals surface area contributed by atoms with Crippen LogP contribution < -0.4 is 5.73 Å². The first-order valence-corrected chi connectivity index (χ1v) is 4.62. The maximum atomic E-state index is 9.68. The van der Waals surface area contributed by atoms with Gasteiger partial charge in [-0.3, -0.25) is 0 Å². The second-order valence-corrected chi connectivity index (χ2v) is 4.32. The van der Waals surface area contributed by atoms with Crippen molar-refractivity contribution in [3.8, 4) is 0 Å². The van der Waals surface area contributed by atoms with E-state index in [1.807, 2.05) is 20.8 Å². The molecule has 0 radical (unpaired) electrons. The lowest BCUT2D eigenvalue weighted by Gasteiger charge is -2.46. The summed E-state index contributed by atoms with van der Waals surface area (Å²) in [6.07, 6.45) is -1.18. The van der Waals surface area contributed by atoms with Crippen LogP contribution in [0.15, 0.2) is 0 Å². The van der Waals surface area contributed by atoms with E-state index in [9.17, 15) is 5.11 Å². The average Bonchev–Trinajstić information content (AvgIpc) is 2.08. The monoisotopic (exact) mass is 189 g/mol. The van der Waals surface area contributed by atoms with Gasteiger partial charge in [-0.2, -0.15) is 0 Å². The number of aliphatic hydroxyl groups is 2. The molecular formula is C9H19NO3. The van der Waals surface area contributed by atoms with E-state index < -0.39 is 17.8 Å². The summed E-state index contributed by atoms with van der Waals surface area (Å²) in [5, 5.41) is 18.6. The summed E-state index contributed by atoms with van der Waals surface area (Å²) >= 11 is 0. The number of rotatable bonds is 1. The SMILES string of the molecule is CC1C(O)C(CO)OC(C)(C)C1N. The van der Waals surface area contributed by atoms with Crippen molar-refractivity contribution in [2.24, 2.45) is 11.7 Å². The van der Waals surface area contributed by atoms with Crippen molar-refractivity contribution < 1.29 is 14.9 Å². The molecular weight excluding hydrogens is 170 g/mol. The van der Waals surface area contributed by atoms with Crippen LogP contribution in [0.25, 0.3) is 0 Å². The summed E-state index contributed by atoms with van der Waals surface area (Å²) in [5.41, 5.74) is 5.42. The van der Waals surface area contributed by atoms with Gasteiger partial charge < -0.3 is 20.7 Å². The smallest absolute Gasteiger partial charge is 0.107 e. The molecule has 1 fully saturated rings. The van der Waals surface area contributed by atoms with Crippen LogP contribution in [-0.2, 0) is 4.74 Å². The van der Waals surface area contributed by atoms with Gasteiger partial charge in [0.1, 0.15) is 6.10 Å². The van der Waals surface area contributed by atoms with Crippen LogP contribution in [0.2, 0.25) is 0 Å². The molecule has 0 aliphatic carbocycles. The molecule has 0 aromatic rings. The van der Waals surface area contributed by atoms with Gasteiger partial charge in [-0.1, -0.05) is 6.92 Å². The highest BCUT2D eigenvalue weighted by Crippen LogP contribution is 2.31. The molecule has 1 aliphatic heterocycles. The molecule has 78 valence electrons. The molecule has 0 aromatic heterocycles. The highest BCUT2D eigenvalue weighted by Gasteiger charge is 2.45. The third-order valence-corrected chi connectivity index (χ3v) is 2.92. The van der Waals surface area contributed by atoms with E-state index in [-0.39, 0.29) is 18.6 Å². The Morgan fingerprint density at radius 1 is 1.46 bits per heavy atom. The average molecular weight is 189 g/mol. The van der Waals surface area contributed by atoms with E-state index in [2.05, 4.69) is 0 Å². The first-order chi connectivity index (χ1) is 5.90. The van der Waals surface area contributed by atoms with Gasteiger partial charge in [-0.25, -0.2) is 0 Å². The first kappa shape index (κ1) is 10.9. The molecule has 4 unspecified atom stereocenters. The molecule has 4 nitrogen and oxygen atoms in total. The fourth-order valence-corrected chi connectivity index (χ4v) is 1.87. The zero-order valence-corrected chi connectivity index (χ0v) is 8.40. The third kappa shape index (κ3) is 1.86. The van der Waals surface area contributed by atoms with E-state index in [1.165, 1.54) is 0 Å². The minimum atomic E-state index is -0.673. The van der Waals surface area contributed by atoms with Crippen molar-refractivity contribution in [2.75, 3.05) is 6.61 Å². The van der Waals surface area contributed by atoms with Gasteiger partial charge in [0.25, 0.3) is 0 Å². The maximum Gasteiger partial charge on any atom is 0.107 e. The summed E-state index contributed by atoms with van der Waals surface area (Å²) in [5.74, 6) is -0.0547. The van der Waals surface area contributed by atoms with Crippen LogP contribution in [0, 0.1) is 5.92 Å². The normalized spacial score (nSPS) is 44.8. The summed E-state index contributed by atoms with van der Waals surface area (Å²) in [6, 6.07) is -0.203. The Morgan fingerprint density at radius 3 is 2.46 bits per heavy atom. The van der Waals surface area contributed by atoms with Crippen LogP contribution in [0.5, 0.6) is 0 Å². The topological polar surface area (TPSA) is 75.7 Å². The Labute approximate surface area is 78.7 Å². The van der Waals surface area contributed by atoms with E-state index in [1.54, 1.807) is 0 Å². The minimum absolute atomic E-state index is 0.0547. The van der Waals surface area contributed by atoms with Crippen LogP contribution in [-0.4, -0.2) is 40.7 Å². The van der Waals surface area contributed by atoms with Crippen LogP contribution in [0.4, 0.5) is 0 Å². The first-order valence-electron chi connectivity index (χ1n) is 4.62. The minimum Gasteiger partial charge on any atom is -0.394 e. The number of hydrogen-bond donors (Lipinski definition) is 3. The molecule has 1 saturated heterocycles. The highest BCUT2D eigenvalue weighted by molar-refractivity contribution is 4.97. The molecule has 1 rings (SSSR count). The Kier molecular flexibility index (Phi) is 2.97. The van der Waals surface area contributed by atoms with Crippen molar-refractivity contribution in [2.45, 2.75) is 44.6 Å². The Bertz CT molecular complexity index is 182. The van der Waals surface area contributed by atoms with E-state index >= 15 is 0 Å². The Hall–Kier alpha value is -0.160. The van der Waals surface area contributed by atoms with Crippen molar-refractivity contribution in [1.82, 2.24) is 0 Å². The lowest BCUT2D eigenvalue weighted by atomic mass is 9.80. The summed E-state index contributed by atoms with van der Waals surface area (Å²) < 4.78 is 5.49. The Balaban J connectivity index is 2.79. The maximum absolute atomic E-state index is 9.68. The number of hydrogen-bond acceptors (Lipinski definition) is 4. The van der Waals surface area contributed by atoms with Gasteiger partial charge in [0.15, 0.2) is 0 Å². The predicted octanol–water partition coefficient (Wildman–Crippen LogP) is -0.520. The Morgan fingerprint density at radius 2 is 2.00 bits per heavy atom. The molecule has 0 aromatic carbocycles. The van der Waals surface area contributed by atoms with Crippen molar-refractivity contribution in [3.05, 3.63) is 0 Å². The fraction of sp³-hybridized carbons (Fsp3) is 1.00. The van der Waals surface area contributed by atoms with Crippen molar-refractivity contribution >= 4 is 0 Å². The predicted molar refractivity (Wildman–Crippen MR) is 49.2 cm³/mol. The zero-order chi connectivity index (χ0) is 10.2. The molecule has 4 N–H and O–H groups in total. The standard InChI is InChI=1S/C9H19NO3/c1-5-7(12)6(4-11)13-9(2,3)8(5)10/h5-8,11-12H,4,10H2,1-3H3. The summed E-state index contributed by atoms with van der Waals surface area (Å²) in [6.45, 7) is 5.47. The molecule has 1 heterocycles. The van der Waals surface area contributed by atoms with Gasteiger partial charge in [-0.05, 0) is 13.8 Å². The number of aliphatic hydroxyl groups excluding tert-OH is 2. The van der Waals surface area contributed by atoms with E-state index in [4.69, 9.17) is 15.6 Å². The van der Waals surface area contributed by atoms with Gasteiger partial charge in [0.2, 0.25) is 0 Å². The molecule has 0 amide bonds. The molecule has 13 heavy (non-hydrogen) atoms. The molecule has 4 atom stereocenters. The highest BCUT2D eigenvalue weighted by atomic mass is 16.5. The van der Waals surface area contributed by atoms with Gasteiger partial charge >= 0.3 is 0 Å². The molecule has 0 saturated carbocycles. The van der Waals surface area contributed by atoms with Gasteiger partial charge in [-0.15, -0.1) is 0 Å². The lowest BCUT2D eigenvalue weighted by Crippen LogP contribution is -2.62. The van der Waals surface area contributed by atoms with Crippen molar-refractivity contribution in [1.29, 1.82) is 0 Å². The number of nitrogens with two attached hydrogens (primary N) is 1. The lowest BCUT2D eigenvalue weighted by molar-refractivity contribution is -0.201. The van der Waals surface area contributed by atoms with Crippen LogP contribution in [0.1, 0.15) is 20.8 Å². The third-order valence-electron chi connectivity index (χ3n) is 2.92. The van der Waals surface area contributed by atoms with E-state index in [0.29, 0.717) is 0 Å². The molecule has 4 heteroatoms. The summed E-state index contributed by atoms with van der Waals surface area (Å²) in [7, 11) is 0. The fourth-order valence-electron chi connectivity index (χ4n) is 1.87. The number of ether oxygens (including phenoxy) is 1. The van der Waals surface area contributed by atoms with Gasteiger partial charge in [0, 0.05) is 12.0 Å². The van der Waals surface area contributed by atoms with Crippen LogP contribution in [0.3, 0.4) is 0 Å². The molecule has 0 spiro atoms. The second kappa shape index (κ2) is 3.53. The summed E-state index contributed by atoms with van der Waals surface area (Å²) in [4.78, 5) is 0. The van der Waals surface area contributed by atoms with E-state index in [0.717, 1.165) is 0 Å². The van der Waals surface area contributed by atoms with Gasteiger partial charge in [0.05, 0.1) is 18.3 Å². The van der Waals surface area contributed by atoms with Crippen molar-refractivity contribution in [3.63, 3.8) is 0 Å².